The third-order valence-corrected chi connectivity index (χ3v) is 3.46. The van der Waals surface area contributed by atoms with Gasteiger partial charge in [-0.1, -0.05) is 13.0 Å². The summed E-state index contributed by atoms with van der Waals surface area (Å²) in [5.74, 6) is 0.835. The van der Waals surface area contributed by atoms with E-state index in [2.05, 4.69) is 32.2 Å². The number of aromatic nitrogens is 1. The zero-order valence-electron chi connectivity index (χ0n) is 11.7. The second kappa shape index (κ2) is 4.84. The van der Waals surface area contributed by atoms with E-state index in [1.54, 1.807) is 7.11 Å². The molecule has 0 saturated heterocycles. The van der Waals surface area contributed by atoms with Gasteiger partial charge in [0.1, 0.15) is 11.3 Å². The number of aryl methyl sites for hydroxylation is 2. The number of hydrogen-bond donors (Lipinski definition) is 1. The van der Waals surface area contributed by atoms with Crippen molar-refractivity contribution in [2.75, 3.05) is 19.5 Å². The molecule has 0 spiro atoms. The van der Waals surface area contributed by atoms with Crippen molar-refractivity contribution in [3.63, 3.8) is 0 Å². The normalized spacial score (nSPS) is 10.7. The average Bonchev–Trinajstić information content (AvgIpc) is 2.39. The average molecular weight is 244 g/mol. The fraction of sp³-hybridized carbons (Fsp3) is 0.400. The summed E-state index contributed by atoms with van der Waals surface area (Å²) in [4.78, 5) is 4.77. The van der Waals surface area contributed by atoms with Crippen molar-refractivity contribution in [3.8, 4) is 5.75 Å². The van der Waals surface area contributed by atoms with Crippen molar-refractivity contribution in [3.05, 3.63) is 29.0 Å². The highest BCUT2D eigenvalue weighted by Crippen LogP contribution is 2.35. The first-order valence-corrected chi connectivity index (χ1v) is 6.28. The lowest BCUT2D eigenvalue weighted by molar-refractivity contribution is 0.418. The summed E-state index contributed by atoms with van der Waals surface area (Å²) in [5.41, 5.74) is 5.67. The summed E-state index contributed by atoms with van der Waals surface area (Å²) in [6.07, 6.45) is 0.924. The first kappa shape index (κ1) is 12.7. The highest BCUT2D eigenvalue weighted by molar-refractivity contribution is 5.99. The van der Waals surface area contributed by atoms with Gasteiger partial charge in [0.15, 0.2) is 0 Å². The summed E-state index contributed by atoms with van der Waals surface area (Å²) < 4.78 is 5.43. The van der Waals surface area contributed by atoms with Gasteiger partial charge in [-0.05, 0) is 37.5 Å². The minimum atomic E-state index is 0.835. The van der Waals surface area contributed by atoms with Crippen LogP contribution < -0.4 is 10.1 Å². The topological polar surface area (TPSA) is 34.1 Å². The molecule has 0 atom stereocenters. The standard InChI is InChI=1S/C15H20N2O/c1-6-11-10(3)14(16-4)13-9(2)7-8-12(18-5)15(13)17-11/h7-8H,6H2,1-5H3,(H,16,17). The third kappa shape index (κ3) is 1.80. The van der Waals surface area contributed by atoms with E-state index in [1.165, 1.54) is 11.1 Å². The highest BCUT2D eigenvalue weighted by Gasteiger charge is 2.14. The predicted molar refractivity (Wildman–Crippen MR) is 76.7 cm³/mol. The van der Waals surface area contributed by atoms with Gasteiger partial charge in [-0.25, -0.2) is 4.98 Å². The lowest BCUT2D eigenvalue weighted by Gasteiger charge is -2.16. The Labute approximate surface area is 108 Å². The van der Waals surface area contributed by atoms with Gasteiger partial charge in [0.05, 0.1) is 7.11 Å². The summed E-state index contributed by atoms with van der Waals surface area (Å²) in [7, 11) is 3.65. The molecule has 0 radical (unpaired) electrons. The van der Waals surface area contributed by atoms with Gasteiger partial charge in [0.2, 0.25) is 0 Å². The van der Waals surface area contributed by atoms with Crippen molar-refractivity contribution in [2.24, 2.45) is 0 Å². The first-order valence-electron chi connectivity index (χ1n) is 6.28. The molecular weight excluding hydrogens is 224 g/mol. The number of nitrogens with zero attached hydrogens (tertiary/aromatic N) is 1. The Kier molecular flexibility index (Phi) is 3.41. The fourth-order valence-electron chi connectivity index (χ4n) is 2.47. The number of ether oxygens (including phenoxy) is 1. The van der Waals surface area contributed by atoms with Crippen LogP contribution >= 0.6 is 0 Å². The minimum Gasteiger partial charge on any atom is -0.494 e. The summed E-state index contributed by atoms with van der Waals surface area (Å²) in [5, 5.41) is 4.47. The quantitative estimate of drug-likeness (QED) is 0.897. The number of nitrogens with one attached hydrogen (secondary N) is 1. The molecular formula is C15H20N2O. The third-order valence-electron chi connectivity index (χ3n) is 3.46. The van der Waals surface area contributed by atoms with Crippen LogP contribution in [-0.2, 0) is 6.42 Å². The molecule has 0 amide bonds. The molecule has 0 fully saturated rings. The van der Waals surface area contributed by atoms with Gasteiger partial charge in [-0.15, -0.1) is 0 Å². The van der Waals surface area contributed by atoms with E-state index in [4.69, 9.17) is 9.72 Å². The highest BCUT2D eigenvalue weighted by atomic mass is 16.5. The van der Waals surface area contributed by atoms with Crippen molar-refractivity contribution >= 4 is 16.6 Å². The largest absolute Gasteiger partial charge is 0.494 e. The second-order valence-corrected chi connectivity index (χ2v) is 4.47. The molecule has 0 aliphatic carbocycles. The van der Waals surface area contributed by atoms with Crippen molar-refractivity contribution < 1.29 is 4.74 Å². The summed E-state index contributed by atoms with van der Waals surface area (Å²) >= 11 is 0. The molecule has 96 valence electrons. The zero-order chi connectivity index (χ0) is 13.3. The number of rotatable bonds is 3. The number of pyridine rings is 1. The molecule has 1 heterocycles. The molecule has 0 saturated carbocycles. The number of benzene rings is 1. The zero-order valence-corrected chi connectivity index (χ0v) is 11.7. The van der Waals surface area contributed by atoms with E-state index in [0.717, 1.165) is 34.5 Å². The van der Waals surface area contributed by atoms with Crippen LogP contribution in [0.15, 0.2) is 12.1 Å². The Hall–Kier alpha value is -1.77. The Morgan fingerprint density at radius 1 is 1.28 bits per heavy atom. The van der Waals surface area contributed by atoms with Gasteiger partial charge >= 0.3 is 0 Å². The Balaban J connectivity index is 2.95. The van der Waals surface area contributed by atoms with E-state index in [0.29, 0.717) is 0 Å². The monoisotopic (exact) mass is 244 g/mol. The fourth-order valence-corrected chi connectivity index (χ4v) is 2.47. The molecule has 2 rings (SSSR count). The molecule has 0 bridgehead atoms. The molecule has 0 unspecified atom stereocenters. The molecule has 1 aromatic carbocycles. The summed E-state index contributed by atoms with van der Waals surface area (Å²) in [6.45, 7) is 6.36. The van der Waals surface area contributed by atoms with Gasteiger partial charge in [0, 0.05) is 23.8 Å². The van der Waals surface area contributed by atoms with Crippen LogP contribution in [-0.4, -0.2) is 19.1 Å². The van der Waals surface area contributed by atoms with Crippen LogP contribution in [0.5, 0.6) is 5.75 Å². The van der Waals surface area contributed by atoms with E-state index in [1.807, 2.05) is 13.1 Å². The van der Waals surface area contributed by atoms with Crippen LogP contribution in [0.1, 0.15) is 23.7 Å². The molecule has 3 nitrogen and oxygen atoms in total. The maximum absolute atomic E-state index is 5.43. The molecule has 0 aliphatic heterocycles. The number of anilines is 1. The van der Waals surface area contributed by atoms with E-state index >= 15 is 0 Å². The van der Waals surface area contributed by atoms with Gasteiger partial charge < -0.3 is 10.1 Å². The molecule has 3 heteroatoms. The smallest absolute Gasteiger partial charge is 0.145 e. The van der Waals surface area contributed by atoms with Crippen LogP contribution in [0.25, 0.3) is 10.9 Å². The minimum absolute atomic E-state index is 0.835. The Morgan fingerprint density at radius 3 is 2.56 bits per heavy atom. The predicted octanol–water partition coefficient (Wildman–Crippen LogP) is 3.46. The molecule has 0 aliphatic rings. The first-order chi connectivity index (χ1) is 8.63. The van der Waals surface area contributed by atoms with E-state index in [-0.39, 0.29) is 0 Å². The lowest BCUT2D eigenvalue weighted by Crippen LogP contribution is -2.03. The summed E-state index contributed by atoms with van der Waals surface area (Å²) in [6, 6.07) is 4.06. The SMILES string of the molecule is CCc1nc2c(OC)ccc(C)c2c(NC)c1C. The van der Waals surface area contributed by atoms with E-state index in [9.17, 15) is 0 Å². The second-order valence-electron chi connectivity index (χ2n) is 4.47. The van der Waals surface area contributed by atoms with Crippen molar-refractivity contribution in [1.82, 2.24) is 4.98 Å². The maximum atomic E-state index is 5.43. The van der Waals surface area contributed by atoms with Gasteiger partial charge in [-0.2, -0.15) is 0 Å². The number of hydrogen-bond acceptors (Lipinski definition) is 3. The van der Waals surface area contributed by atoms with Gasteiger partial charge in [-0.3, -0.25) is 0 Å². The van der Waals surface area contributed by atoms with Crippen LogP contribution in [0.4, 0.5) is 5.69 Å². The molecule has 2 aromatic rings. The van der Waals surface area contributed by atoms with Crippen LogP contribution in [0, 0.1) is 13.8 Å². The molecule has 1 aromatic heterocycles. The van der Waals surface area contributed by atoms with Gasteiger partial charge in [0.25, 0.3) is 0 Å². The molecule has 18 heavy (non-hydrogen) atoms. The Morgan fingerprint density at radius 2 is 2.00 bits per heavy atom. The van der Waals surface area contributed by atoms with Crippen molar-refractivity contribution in [2.45, 2.75) is 27.2 Å². The lowest BCUT2D eigenvalue weighted by atomic mass is 10.0. The maximum Gasteiger partial charge on any atom is 0.145 e. The van der Waals surface area contributed by atoms with Crippen LogP contribution in [0.2, 0.25) is 0 Å². The van der Waals surface area contributed by atoms with E-state index < -0.39 is 0 Å². The Bertz CT molecular complexity index is 591. The van der Waals surface area contributed by atoms with Crippen LogP contribution in [0.3, 0.4) is 0 Å². The molecule has 1 N–H and O–H groups in total. The van der Waals surface area contributed by atoms with Crippen molar-refractivity contribution in [1.29, 1.82) is 0 Å². The number of methoxy groups -OCH3 is 1. The number of fused-ring (bicyclic) bond motifs is 1.